The van der Waals surface area contributed by atoms with Crippen molar-refractivity contribution in [1.82, 2.24) is 19.0 Å². The molecule has 8 nitrogen and oxygen atoms in total. The molecule has 2 aliphatic rings. The molecule has 0 N–H and O–H groups in total. The molecule has 2 atom stereocenters. The van der Waals surface area contributed by atoms with E-state index >= 15 is 0 Å². The van der Waals surface area contributed by atoms with Crippen LogP contribution >= 0.6 is 0 Å². The highest BCUT2D eigenvalue weighted by molar-refractivity contribution is 5.75. The molecule has 4 heterocycles. The van der Waals surface area contributed by atoms with Crippen molar-refractivity contribution in [2.75, 3.05) is 24.6 Å². The molecule has 0 aliphatic carbocycles. The molecule has 2 saturated heterocycles. The van der Waals surface area contributed by atoms with Gasteiger partial charge in [-0.1, -0.05) is 20.8 Å². The van der Waals surface area contributed by atoms with Crippen LogP contribution < -0.4 is 10.6 Å². The van der Waals surface area contributed by atoms with Crippen LogP contribution in [0.15, 0.2) is 16.9 Å². The van der Waals surface area contributed by atoms with Crippen molar-refractivity contribution in [3.8, 4) is 0 Å². The minimum atomic E-state index is -0.222. The van der Waals surface area contributed by atoms with Gasteiger partial charge in [-0.15, -0.1) is 0 Å². The van der Waals surface area contributed by atoms with Crippen molar-refractivity contribution in [1.29, 1.82) is 0 Å². The molecule has 0 radical (unpaired) electrons. The molecule has 1 unspecified atom stereocenters. The average molecular weight is 387 g/mol. The van der Waals surface area contributed by atoms with Gasteiger partial charge in [0.2, 0.25) is 0 Å². The lowest BCUT2D eigenvalue weighted by molar-refractivity contribution is 0.100. The summed E-state index contributed by atoms with van der Waals surface area (Å²) in [6, 6.07) is 4.40. The molecule has 2 aromatic heterocycles. The number of imidazole rings is 1. The van der Waals surface area contributed by atoms with E-state index in [1.165, 1.54) is 0 Å². The van der Waals surface area contributed by atoms with E-state index in [-0.39, 0.29) is 29.3 Å². The number of hydrogen-bond acceptors (Lipinski definition) is 5. The molecule has 2 bridgehead atoms. The number of aryl methyl sites for hydroxylation is 1. The van der Waals surface area contributed by atoms with Gasteiger partial charge in [0.15, 0.2) is 5.65 Å². The van der Waals surface area contributed by atoms with Gasteiger partial charge in [0, 0.05) is 26.7 Å². The summed E-state index contributed by atoms with van der Waals surface area (Å²) < 4.78 is 8.60. The van der Waals surface area contributed by atoms with Gasteiger partial charge in [0.25, 0.3) is 0 Å². The van der Waals surface area contributed by atoms with Crippen molar-refractivity contribution in [2.45, 2.75) is 52.7 Å². The number of hydrogen-bond donors (Lipinski definition) is 0. The van der Waals surface area contributed by atoms with Crippen LogP contribution in [0.2, 0.25) is 0 Å². The van der Waals surface area contributed by atoms with Gasteiger partial charge in [-0.25, -0.2) is 14.6 Å². The summed E-state index contributed by atoms with van der Waals surface area (Å²) in [5.41, 5.74) is 1.54. The standard InChI is InChI=1S/C20H29N5O3/c1-6-28-19(27)24-11-13-9-14(24)10-23(13)16-8-7-15-17(21-16)22(5)18(26)25(15)12-20(2,3)4/h7-8,13-14H,6,9-12H2,1-5H3/t13?,14-/m1/s1. The summed E-state index contributed by atoms with van der Waals surface area (Å²) in [6.07, 6.45) is 0.711. The lowest BCUT2D eigenvalue weighted by Gasteiger charge is -2.34. The lowest BCUT2D eigenvalue weighted by atomic mass is 9.97. The van der Waals surface area contributed by atoms with Gasteiger partial charge < -0.3 is 14.5 Å². The Bertz CT molecular complexity index is 971. The molecule has 4 rings (SSSR count). The van der Waals surface area contributed by atoms with Crippen molar-refractivity contribution in [3.63, 3.8) is 0 Å². The van der Waals surface area contributed by atoms with E-state index < -0.39 is 0 Å². The molecule has 8 heteroatoms. The van der Waals surface area contributed by atoms with Crippen LogP contribution in [-0.2, 0) is 18.3 Å². The second kappa shape index (κ2) is 6.53. The van der Waals surface area contributed by atoms with E-state index in [0.29, 0.717) is 25.3 Å². The van der Waals surface area contributed by atoms with E-state index in [1.54, 1.807) is 11.6 Å². The zero-order valence-electron chi connectivity index (χ0n) is 17.3. The Morgan fingerprint density at radius 1 is 1.25 bits per heavy atom. The van der Waals surface area contributed by atoms with Crippen LogP contribution in [0.3, 0.4) is 0 Å². The molecule has 2 fully saturated rings. The number of ether oxygens (including phenoxy) is 1. The molecule has 0 saturated carbocycles. The number of nitrogens with zero attached hydrogens (tertiary/aromatic N) is 5. The van der Waals surface area contributed by atoms with Gasteiger partial charge in [-0.3, -0.25) is 9.13 Å². The predicted octanol–water partition coefficient (Wildman–Crippen LogP) is 2.20. The third-order valence-corrected chi connectivity index (χ3v) is 5.64. The fourth-order valence-corrected chi connectivity index (χ4v) is 4.43. The fourth-order valence-electron chi connectivity index (χ4n) is 4.43. The Labute approximate surface area is 164 Å². The van der Waals surface area contributed by atoms with Gasteiger partial charge in [0.05, 0.1) is 24.2 Å². The van der Waals surface area contributed by atoms with Gasteiger partial charge in [0.1, 0.15) is 5.82 Å². The van der Waals surface area contributed by atoms with E-state index in [2.05, 4.69) is 25.7 Å². The van der Waals surface area contributed by atoms with Crippen LogP contribution in [0.5, 0.6) is 0 Å². The molecule has 2 aromatic rings. The summed E-state index contributed by atoms with van der Waals surface area (Å²) in [5.74, 6) is 0.868. The number of fused-ring (bicyclic) bond motifs is 3. The second-order valence-electron chi connectivity index (χ2n) is 9.05. The van der Waals surface area contributed by atoms with E-state index in [9.17, 15) is 9.59 Å². The monoisotopic (exact) mass is 387 g/mol. The van der Waals surface area contributed by atoms with Crippen molar-refractivity contribution in [2.24, 2.45) is 12.5 Å². The first kappa shape index (κ1) is 18.8. The zero-order chi connectivity index (χ0) is 20.2. The highest BCUT2D eigenvalue weighted by Gasteiger charge is 2.46. The van der Waals surface area contributed by atoms with Crippen LogP contribution in [0.4, 0.5) is 10.6 Å². The van der Waals surface area contributed by atoms with Crippen molar-refractivity contribution < 1.29 is 9.53 Å². The Morgan fingerprint density at radius 3 is 2.61 bits per heavy atom. The minimum absolute atomic E-state index is 0.00143. The van der Waals surface area contributed by atoms with E-state index in [1.807, 2.05) is 28.5 Å². The molecule has 28 heavy (non-hydrogen) atoms. The quantitative estimate of drug-likeness (QED) is 0.807. The molecular weight excluding hydrogens is 358 g/mol. The Hall–Kier alpha value is -2.51. The van der Waals surface area contributed by atoms with Gasteiger partial charge >= 0.3 is 11.8 Å². The first-order valence-electron chi connectivity index (χ1n) is 9.96. The topological polar surface area (TPSA) is 72.6 Å². The van der Waals surface area contributed by atoms with Gasteiger partial charge in [-0.2, -0.15) is 0 Å². The number of likely N-dealkylation sites (tertiary alicyclic amines) is 1. The van der Waals surface area contributed by atoms with Crippen LogP contribution in [0, 0.1) is 5.41 Å². The highest BCUT2D eigenvalue weighted by atomic mass is 16.6. The minimum Gasteiger partial charge on any atom is -0.450 e. The number of pyridine rings is 1. The molecule has 0 aromatic carbocycles. The summed E-state index contributed by atoms with van der Waals surface area (Å²) >= 11 is 0. The summed E-state index contributed by atoms with van der Waals surface area (Å²) in [6.45, 7) is 10.6. The SMILES string of the molecule is CCOC(=O)N1CC2C[C@@H]1CN2c1ccc2c(n1)n(C)c(=O)n2CC(C)(C)C. The highest BCUT2D eigenvalue weighted by Crippen LogP contribution is 2.34. The number of carbonyl (C=O) groups excluding carboxylic acids is 1. The number of rotatable bonds is 3. The normalized spacial score (nSPS) is 21.8. The molecular formula is C20H29N5O3. The van der Waals surface area contributed by atoms with Crippen molar-refractivity contribution >= 4 is 23.1 Å². The number of carbonyl (C=O) groups is 1. The summed E-state index contributed by atoms with van der Waals surface area (Å²) in [5, 5.41) is 0. The van der Waals surface area contributed by atoms with Crippen molar-refractivity contribution in [3.05, 3.63) is 22.6 Å². The maximum atomic E-state index is 12.7. The first-order chi connectivity index (χ1) is 13.2. The van der Waals surface area contributed by atoms with Crippen LogP contribution in [0.1, 0.15) is 34.1 Å². The Morgan fingerprint density at radius 2 is 2.00 bits per heavy atom. The molecule has 0 spiro atoms. The first-order valence-corrected chi connectivity index (χ1v) is 9.96. The van der Waals surface area contributed by atoms with Gasteiger partial charge in [-0.05, 0) is 30.9 Å². The smallest absolute Gasteiger partial charge is 0.410 e. The maximum Gasteiger partial charge on any atom is 0.410 e. The summed E-state index contributed by atoms with van der Waals surface area (Å²) in [7, 11) is 1.78. The average Bonchev–Trinajstić information content (AvgIpc) is 3.30. The third-order valence-electron chi connectivity index (χ3n) is 5.64. The summed E-state index contributed by atoms with van der Waals surface area (Å²) in [4.78, 5) is 33.7. The third kappa shape index (κ3) is 3.04. The largest absolute Gasteiger partial charge is 0.450 e. The number of piperazine rings is 1. The predicted molar refractivity (Wildman–Crippen MR) is 108 cm³/mol. The number of anilines is 1. The van der Waals surface area contributed by atoms with E-state index in [4.69, 9.17) is 9.72 Å². The Kier molecular flexibility index (Phi) is 4.39. The zero-order valence-corrected chi connectivity index (χ0v) is 17.3. The molecule has 1 amide bonds. The van der Waals surface area contributed by atoms with Crippen LogP contribution in [0.25, 0.3) is 11.2 Å². The van der Waals surface area contributed by atoms with Crippen LogP contribution in [-0.4, -0.2) is 56.9 Å². The number of aromatic nitrogens is 3. The second-order valence-corrected chi connectivity index (χ2v) is 9.05. The number of amides is 1. The Balaban J connectivity index is 1.61. The molecule has 2 aliphatic heterocycles. The van der Waals surface area contributed by atoms with E-state index in [0.717, 1.165) is 24.3 Å². The molecule has 152 valence electrons. The fraction of sp³-hybridized carbons (Fsp3) is 0.650. The maximum absolute atomic E-state index is 12.7. The lowest BCUT2D eigenvalue weighted by Crippen LogP contribution is -2.49.